The Labute approximate surface area is 157 Å². The number of carbonyl (C=O) groups excluding carboxylic acids is 1. The average Bonchev–Trinajstić information content (AvgIpc) is 2.99. The molecule has 8 heteroatoms. The minimum atomic E-state index is 0.121. The number of nitrogen functional groups attached to an aromatic ring is 1. The van der Waals surface area contributed by atoms with Crippen molar-refractivity contribution in [1.82, 2.24) is 19.8 Å². The molecule has 2 aromatic rings. The fourth-order valence-electron chi connectivity index (χ4n) is 3.47. The first-order valence-electron chi connectivity index (χ1n) is 8.74. The predicted octanol–water partition coefficient (Wildman–Crippen LogP) is 2.26. The molecule has 0 bridgehead atoms. The number of piperidine rings is 1. The van der Waals surface area contributed by atoms with Crippen LogP contribution in [0.25, 0.3) is 11.4 Å². The van der Waals surface area contributed by atoms with Gasteiger partial charge in [-0.3, -0.25) is 4.79 Å². The highest BCUT2D eigenvalue weighted by Crippen LogP contribution is 2.29. The van der Waals surface area contributed by atoms with Gasteiger partial charge in [0.25, 0.3) is 0 Å². The molecular formula is C18H25N5O2S. The van der Waals surface area contributed by atoms with Crippen molar-refractivity contribution in [3.05, 3.63) is 24.3 Å². The van der Waals surface area contributed by atoms with Crippen molar-refractivity contribution in [2.75, 3.05) is 31.8 Å². The van der Waals surface area contributed by atoms with Crippen LogP contribution in [0.4, 0.5) is 0 Å². The van der Waals surface area contributed by atoms with Crippen LogP contribution in [0.2, 0.25) is 0 Å². The molecule has 1 fully saturated rings. The summed E-state index contributed by atoms with van der Waals surface area (Å²) in [6.45, 7) is 6.04. The summed E-state index contributed by atoms with van der Waals surface area (Å²) in [4.78, 5) is 14.5. The van der Waals surface area contributed by atoms with Gasteiger partial charge in [0.15, 0.2) is 5.82 Å². The number of nitrogens with zero attached hydrogens (tertiary/aromatic N) is 4. The van der Waals surface area contributed by atoms with E-state index in [-0.39, 0.29) is 5.91 Å². The van der Waals surface area contributed by atoms with E-state index in [9.17, 15) is 4.79 Å². The third kappa shape index (κ3) is 3.95. The molecule has 2 atom stereocenters. The van der Waals surface area contributed by atoms with E-state index in [0.717, 1.165) is 18.7 Å². The van der Waals surface area contributed by atoms with Gasteiger partial charge in [0, 0.05) is 13.1 Å². The van der Waals surface area contributed by atoms with E-state index in [4.69, 9.17) is 10.6 Å². The topological polar surface area (TPSA) is 86.3 Å². The minimum absolute atomic E-state index is 0.121. The Morgan fingerprint density at radius 1 is 1.27 bits per heavy atom. The summed E-state index contributed by atoms with van der Waals surface area (Å²) in [5, 5.41) is 8.82. The normalized spacial score (nSPS) is 20.2. The number of para-hydroxylation sites is 1. The minimum Gasteiger partial charge on any atom is -0.496 e. The maximum atomic E-state index is 12.5. The van der Waals surface area contributed by atoms with Crippen LogP contribution in [-0.2, 0) is 4.79 Å². The maximum Gasteiger partial charge on any atom is 0.233 e. The molecule has 2 N–H and O–H groups in total. The van der Waals surface area contributed by atoms with Gasteiger partial charge in [-0.25, -0.2) is 4.68 Å². The Morgan fingerprint density at radius 3 is 2.65 bits per heavy atom. The quantitative estimate of drug-likeness (QED) is 0.637. The first-order valence-corrected chi connectivity index (χ1v) is 9.72. The molecule has 3 rings (SSSR count). The van der Waals surface area contributed by atoms with Gasteiger partial charge in [0.2, 0.25) is 11.1 Å². The van der Waals surface area contributed by atoms with Crippen molar-refractivity contribution in [1.29, 1.82) is 0 Å². The van der Waals surface area contributed by atoms with E-state index < -0.39 is 0 Å². The summed E-state index contributed by atoms with van der Waals surface area (Å²) in [7, 11) is 1.60. The molecule has 1 aliphatic heterocycles. The summed E-state index contributed by atoms with van der Waals surface area (Å²) < 4.78 is 6.77. The number of ether oxygens (including phenoxy) is 1. The zero-order valence-corrected chi connectivity index (χ0v) is 16.2. The zero-order chi connectivity index (χ0) is 18.7. The predicted molar refractivity (Wildman–Crippen MR) is 102 cm³/mol. The van der Waals surface area contributed by atoms with Crippen molar-refractivity contribution in [2.24, 2.45) is 11.8 Å². The van der Waals surface area contributed by atoms with E-state index in [0.29, 0.717) is 34.3 Å². The SMILES string of the molecule is COc1ccccc1-c1nnc(SCC(=O)N2C[C@H](C)C[C@@H](C)C2)n1N. The number of hydrogen-bond acceptors (Lipinski definition) is 6. The van der Waals surface area contributed by atoms with Gasteiger partial charge in [0.05, 0.1) is 18.4 Å². The number of rotatable bonds is 5. The lowest BCUT2D eigenvalue weighted by Gasteiger charge is -2.34. The molecule has 1 aromatic heterocycles. The van der Waals surface area contributed by atoms with Crippen LogP contribution >= 0.6 is 11.8 Å². The van der Waals surface area contributed by atoms with Gasteiger partial charge in [-0.05, 0) is 30.4 Å². The molecule has 2 heterocycles. The molecule has 7 nitrogen and oxygen atoms in total. The van der Waals surface area contributed by atoms with Crippen LogP contribution in [-0.4, -0.2) is 51.6 Å². The first-order chi connectivity index (χ1) is 12.5. The molecule has 0 spiro atoms. The molecule has 0 saturated carbocycles. The van der Waals surface area contributed by atoms with Gasteiger partial charge in [-0.2, -0.15) is 0 Å². The van der Waals surface area contributed by atoms with Crippen molar-refractivity contribution in [3.63, 3.8) is 0 Å². The van der Waals surface area contributed by atoms with Crippen LogP contribution in [0.15, 0.2) is 29.4 Å². The van der Waals surface area contributed by atoms with Gasteiger partial charge in [0.1, 0.15) is 5.75 Å². The summed E-state index contributed by atoms with van der Waals surface area (Å²) in [5.41, 5.74) is 0.766. The van der Waals surface area contributed by atoms with E-state index in [1.54, 1.807) is 7.11 Å². The zero-order valence-electron chi connectivity index (χ0n) is 15.4. The molecule has 0 unspecified atom stereocenters. The number of benzene rings is 1. The number of nitrogens with two attached hydrogens (primary N) is 1. The molecule has 140 valence electrons. The molecule has 1 amide bonds. The smallest absolute Gasteiger partial charge is 0.233 e. The summed E-state index contributed by atoms with van der Waals surface area (Å²) in [6.07, 6.45) is 1.18. The monoisotopic (exact) mass is 375 g/mol. The Hall–Kier alpha value is -2.22. The third-order valence-electron chi connectivity index (χ3n) is 4.56. The van der Waals surface area contributed by atoms with Crippen LogP contribution in [0, 0.1) is 11.8 Å². The molecular weight excluding hydrogens is 350 g/mol. The molecule has 26 heavy (non-hydrogen) atoms. The first kappa shape index (κ1) is 18.6. The number of aromatic nitrogens is 3. The molecule has 1 saturated heterocycles. The highest BCUT2D eigenvalue weighted by atomic mass is 32.2. The summed E-state index contributed by atoms with van der Waals surface area (Å²) >= 11 is 1.31. The second kappa shape index (κ2) is 7.99. The molecule has 1 aliphatic rings. The van der Waals surface area contributed by atoms with Gasteiger partial charge in [-0.1, -0.05) is 37.7 Å². The second-order valence-corrected chi connectivity index (χ2v) is 7.85. The van der Waals surface area contributed by atoms with Crippen LogP contribution in [0.3, 0.4) is 0 Å². The largest absolute Gasteiger partial charge is 0.496 e. The standard InChI is InChI=1S/C18H25N5O2S/c1-12-8-13(2)10-22(9-12)16(24)11-26-18-21-20-17(23(18)19)14-6-4-5-7-15(14)25-3/h4-7,12-13H,8-11,19H2,1-3H3/t12-,13-/m1/s1. The summed E-state index contributed by atoms with van der Waals surface area (Å²) in [6, 6.07) is 7.50. The molecule has 0 radical (unpaired) electrons. The lowest BCUT2D eigenvalue weighted by molar-refractivity contribution is -0.130. The highest BCUT2D eigenvalue weighted by molar-refractivity contribution is 7.99. The van der Waals surface area contributed by atoms with Crippen molar-refractivity contribution >= 4 is 17.7 Å². The highest BCUT2D eigenvalue weighted by Gasteiger charge is 2.26. The average molecular weight is 375 g/mol. The Kier molecular flexibility index (Phi) is 5.70. The fourth-order valence-corrected chi connectivity index (χ4v) is 4.23. The Balaban J connectivity index is 1.68. The number of amides is 1. The number of hydrogen-bond donors (Lipinski definition) is 1. The Morgan fingerprint density at radius 2 is 1.96 bits per heavy atom. The van der Waals surface area contributed by atoms with Crippen molar-refractivity contribution in [3.8, 4) is 17.1 Å². The number of methoxy groups -OCH3 is 1. The van der Waals surface area contributed by atoms with Crippen molar-refractivity contribution in [2.45, 2.75) is 25.4 Å². The van der Waals surface area contributed by atoms with E-state index in [1.807, 2.05) is 29.2 Å². The van der Waals surface area contributed by atoms with Gasteiger partial charge >= 0.3 is 0 Å². The molecule has 1 aromatic carbocycles. The Bertz CT molecular complexity index is 769. The second-order valence-electron chi connectivity index (χ2n) is 6.91. The number of likely N-dealkylation sites (tertiary alicyclic amines) is 1. The van der Waals surface area contributed by atoms with Gasteiger partial charge < -0.3 is 15.5 Å². The van der Waals surface area contributed by atoms with E-state index in [2.05, 4.69) is 24.0 Å². The van der Waals surface area contributed by atoms with E-state index in [1.165, 1.54) is 22.9 Å². The van der Waals surface area contributed by atoms with E-state index >= 15 is 0 Å². The lowest BCUT2D eigenvalue weighted by Crippen LogP contribution is -2.43. The number of thioether (sulfide) groups is 1. The molecule has 0 aliphatic carbocycles. The van der Waals surface area contributed by atoms with Crippen LogP contribution in [0.5, 0.6) is 5.75 Å². The maximum absolute atomic E-state index is 12.5. The van der Waals surface area contributed by atoms with Crippen LogP contribution in [0.1, 0.15) is 20.3 Å². The fraction of sp³-hybridized carbons (Fsp3) is 0.500. The summed E-state index contributed by atoms with van der Waals surface area (Å²) in [5.74, 6) is 8.86. The third-order valence-corrected chi connectivity index (χ3v) is 5.49. The number of carbonyl (C=O) groups is 1. The van der Waals surface area contributed by atoms with Crippen molar-refractivity contribution < 1.29 is 9.53 Å². The lowest BCUT2D eigenvalue weighted by atomic mass is 9.92. The van der Waals surface area contributed by atoms with Crippen LogP contribution < -0.4 is 10.6 Å². The van der Waals surface area contributed by atoms with Gasteiger partial charge in [-0.15, -0.1) is 10.2 Å².